The molecule has 0 fully saturated rings. The molecule has 132 valence electrons. The van der Waals surface area contributed by atoms with E-state index < -0.39 is 0 Å². The van der Waals surface area contributed by atoms with Crippen LogP contribution in [0.15, 0.2) is 48.5 Å². The van der Waals surface area contributed by atoms with Gasteiger partial charge < -0.3 is 15.0 Å². The number of carbonyl (C=O) groups excluding carboxylic acids is 2. The van der Waals surface area contributed by atoms with Gasteiger partial charge in [-0.15, -0.1) is 0 Å². The van der Waals surface area contributed by atoms with E-state index in [9.17, 15) is 9.59 Å². The Labute approximate surface area is 148 Å². The number of aryl methyl sites for hydroxylation is 2. The van der Waals surface area contributed by atoms with Gasteiger partial charge in [-0.25, -0.2) is 0 Å². The highest BCUT2D eigenvalue weighted by Gasteiger charge is 2.13. The molecule has 0 aromatic heterocycles. The molecule has 2 rings (SSSR count). The minimum Gasteiger partial charge on any atom is -0.497 e. The first-order chi connectivity index (χ1) is 12.0. The van der Waals surface area contributed by atoms with Crippen molar-refractivity contribution in [3.63, 3.8) is 0 Å². The first-order valence-electron chi connectivity index (χ1n) is 8.21. The average Bonchev–Trinajstić information content (AvgIpc) is 2.61. The lowest BCUT2D eigenvalue weighted by Gasteiger charge is -2.17. The molecule has 0 aliphatic heterocycles. The Morgan fingerprint density at radius 2 is 1.84 bits per heavy atom. The van der Waals surface area contributed by atoms with Crippen LogP contribution in [0.4, 0.5) is 5.69 Å². The second-order valence-corrected chi connectivity index (χ2v) is 6.02. The Bertz CT molecular complexity index is 726. The fourth-order valence-electron chi connectivity index (χ4n) is 2.41. The monoisotopic (exact) mass is 340 g/mol. The predicted molar refractivity (Wildman–Crippen MR) is 98.8 cm³/mol. The van der Waals surface area contributed by atoms with Crippen LogP contribution in [-0.4, -0.2) is 37.4 Å². The number of nitrogens with one attached hydrogen (secondary N) is 1. The number of likely N-dealkylation sites (N-methyl/N-ethyl adjacent to an activating group) is 1. The second kappa shape index (κ2) is 8.87. The molecule has 25 heavy (non-hydrogen) atoms. The van der Waals surface area contributed by atoms with Crippen molar-refractivity contribution in [2.24, 2.45) is 0 Å². The van der Waals surface area contributed by atoms with Gasteiger partial charge in [-0.1, -0.05) is 29.8 Å². The molecular formula is C20H24N2O3. The molecule has 5 nitrogen and oxygen atoms in total. The van der Waals surface area contributed by atoms with E-state index in [-0.39, 0.29) is 18.4 Å². The van der Waals surface area contributed by atoms with Gasteiger partial charge in [0, 0.05) is 19.2 Å². The van der Waals surface area contributed by atoms with Gasteiger partial charge in [-0.05, 0) is 43.2 Å². The molecule has 5 heteroatoms. The molecule has 2 aromatic rings. The third-order valence-corrected chi connectivity index (χ3v) is 3.90. The van der Waals surface area contributed by atoms with E-state index in [1.807, 2.05) is 55.5 Å². The highest BCUT2D eigenvalue weighted by Crippen LogP contribution is 2.14. The molecule has 0 saturated heterocycles. The van der Waals surface area contributed by atoms with Crippen LogP contribution in [0.3, 0.4) is 0 Å². The van der Waals surface area contributed by atoms with E-state index in [1.165, 1.54) is 4.90 Å². The smallest absolute Gasteiger partial charge is 0.243 e. The topological polar surface area (TPSA) is 58.6 Å². The molecule has 0 radical (unpaired) electrons. The molecule has 0 aliphatic rings. The molecule has 0 spiro atoms. The maximum atomic E-state index is 12.2. The van der Waals surface area contributed by atoms with Crippen molar-refractivity contribution in [1.29, 1.82) is 0 Å². The number of amides is 2. The SMILES string of the molecule is COc1cccc(CCC(=O)N(C)CC(=O)Nc2ccc(C)cc2)c1. The Kier molecular flexibility index (Phi) is 6.57. The summed E-state index contributed by atoms with van der Waals surface area (Å²) in [4.78, 5) is 25.7. The first kappa shape index (κ1) is 18.5. The zero-order valence-corrected chi connectivity index (χ0v) is 14.9. The van der Waals surface area contributed by atoms with Gasteiger partial charge in [0.05, 0.1) is 13.7 Å². The van der Waals surface area contributed by atoms with Crippen LogP contribution in [0.25, 0.3) is 0 Å². The number of nitrogens with zero attached hydrogens (tertiary/aromatic N) is 1. The number of carbonyl (C=O) groups is 2. The van der Waals surface area contributed by atoms with Gasteiger partial charge in [0.1, 0.15) is 5.75 Å². The van der Waals surface area contributed by atoms with Gasteiger partial charge in [0.2, 0.25) is 11.8 Å². The van der Waals surface area contributed by atoms with Crippen LogP contribution in [-0.2, 0) is 16.0 Å². The predicted octanol–water partition coefficient (Wildman–Crippen LogP) is 3.03. The van der Waals surface area contributed by atoms with Crippen LogP contribution in [0, 0.1) is 6.92 Å². The highest BCUT2D eigenvalue weighted by atomic mass is 16.5. The fourth-order valence-corrected chi connectivity index (χ4v) is 2.41. The summed E-state index contributed by atoms with van der Waals surface area (Å²) >= 11 is 0. The minimum atomic E-state index is -0.207. The average molecular weight is 340 g/mol. The summed E-state index contributed by atoms with van der Waals surface area (Å²) in [7, 11) is 3.26. The van der Waals surface area contributed by atoms with Crippen molar-refractivity contribution in [2.75, 3.05) is 26.0 Å². The summed E-state index contributed by atoms with van der Waals surface area (Å²) in [6.07, 6.45) is 0.960. The third kappa shape index (κ3) is 5.95. The summed E-state index contributed by atoms with van der Waals surface area (Å²) in [6, 6.07) is 15.2. The van der Waals surface area contributed by atoms with Crippen LogP contribution in [0.5, 0.6) is 5.75 Å². The fraction of sp³-hybridized carbons (Fsp3) is 0.300. The molecule has 0 saturated carbocycles. The molecular weight excluding hydrogens is 316 g/mol. The largest absolute Gasteiger partial charge is 0.497 e. The summed E-state index contributed by atoms with van der Waals surface area (Å²) in [6.45, 7) is 2.02. The van der Waals surface area contributed by atoms with Crippen LogP contribution in [0.1, 0.15) is 17.5 Å². The Morgan fingerprint density at radius 3 is 2.52 bits per heavy atom. The zero-order valence-electron chi connectivity index (χ0n) is 14.9. The molecule has 0 heterocycles. The summed E-state index contributed by atoms with van der Waals surface area (Å²) < 4.78 is 5.18. The van der Waals surface area contributed by atoms with Crippen molar-refractivity contribution in [2.45, 2.75) is 19.8 Å². The number of rotatable bonds is 7. The lowest BCUT2D eigenvalue weighted by molar-refractivity contribution is -0.133. The Balaban J connectivity index is 1.80. The van der Waals surface area contributed by atoms with E-state index in [0.29, 0.717) is 12.8 Å². The highest BCUT2D eigenvalue weighted by molar-refractivity contribution is 5.94. The van der Waals surface area contributed by atoms with Gasteiger partial charge in [-0.2, -0.15) is 0 Å². The molecule has 1 N–H and O–H groups in total. The van der Waals surface area contributed by atoms with Gasteiger partial charge in [0.25, 0.3) is 0 Å². The molecule has 2 aromatic carbocycles. The summed E-state index contributed by atoms with van der Waals surface area (Å²) in [5.74, 6) is 0.499. The minimum absolute atomic E-state index is 0.0326. The van der Waals surface area contributed by atoms with Crippen molar-refractivity contribution in [1.82, 2.24) is 4.90 Å². The molecule has 0 bridgehead atoms. The third-order valence-electron chi connectivity index (χ3n) is 3.90. The first-order valence-corrected chi connectivity index (χ1v) is 8.21. The van der Waals surface area contributed by atoms with E-state index in [0.717, 1.165) is 22.6 Å². The lowest BCUT2D eigenvalue weighted by Crippen LogP contribution is -2.35. The standard InChI is InChI=1S/C20H24N2O3/c1-15-7-10-17(11-8-15)21-19(23)14-22(2)20(24)12-9-16-5-4-6-18(13-16)25-3/h4-8,10-11,13H,9,12,14H2,1-3H3,(H,21,23). The second-order valence-electron chi connectivity index (χ2n) is 6.02. The van der Waals surface area contributed by atoms with E-state index in [1.54, 1.807) is 14.2 Å². The van der Waals surface area contributed by atoms with Crippen LogP contribution < -0.4 is 10.1 Å². The number of methoxy groups -OCH3 is 1. The quantitative estimate of drug-likeness (QED) is 0.843. The number of ether oxygens (including phenoxy) is 1. The van der Waals surface area contributed by atoms with Gasteiger partial charge in [0.15, 0.2) is 0 Å². The molecule has 0 atom stereocenters. The summed E-state index contributed by atoms with van der Waals surface area (Å²) in [5, 5.41) is 2.79. The van der Waals surface area contributed by atoms with Gasteiger partial charge >= 0.3 is 0 Å². The number of hydrogen-bond donors (Lipinski definition) is 1. The van der Waals surface area contributed by atoms with Crippen molar-refractivity contribution in [3.05, 3.63) is 59.7 Å². The maximum Gasteiger partial charge on any atom is 0.243 e. The van der Waals surface area contributed by atoms with Gasteiger partial charge in [-0.3, -0.25) is 9.59 Å². The van der Waals surface area contributed by atoms with E-state index in [2.05, 4.69) is 5.32 Å². The lowest BCUT2D eigenvalue weighted by atomic mass is 10.1. The Hall–Kier alpha value is -2.82. The van der Waals surface area contributed by atoms with Crippen LogP contribution >= 0.6 is 0 Å². The molecule has 0 unspecified atom stereocenters. The normalized spacial score (nSPS) is 10.2. The van der Waals surface area contributed by atoms with Crippen LogP contribution in [0.2, 0.25) is 0 Å². The Morgan fingerprint density at radius 1 is 1.12 bits per heavy atom. The van der Waals surface area contributed by atoms with Crippen molar-refractivity contribution >= 4 is 17.5 Å². The summed E-state index contributed by atoms with van der Waals surface area (Å²) in [5.41, 5.74) is 2.89. The molecule has 0 aliphatic carbocycles. The number of anilines is 1. The number of benzene rings is 2. The number of hydrogen-bond acceptors (Lipinski definition) is 3. The van der Waals surface area contributed by atoms with Crippen molar-refractivity contribution in [3.8, 4) is 5.75 Å². The van der Waals surface area contributed by atoms with E-state index >= 15 is 0 Å². The van der Waals surface area contributed by atoms with Crippen molar-refractivity contribution < 1.29 is 14.3 Å². The van der Waals surface area contributed by atoms with E-state index in [4.69, 9.17) is 4.74 Å². The maximum absolute atomic E-state index is 12.2. The zero-order chi connectivity index (χ0) is 18.2. The molecule has 2 amide bonds.